The summed E-state index contributed by atoms with van der Waals surface area (Å²) in [5.41, 5.74) is 1.00. The maximum absolute atomic E-state index is 14.1. The standard InChI is InChI=1S/C33H55NO4SSi/c1-22-17-15-13-14-16-18-28(23(2)19-27-21-39-26(5)34-27)37-30(35)20-29(38-40(11,12)32(6,7)8)33(9,10)31(36)25(4)24(22)3/h14,16,19,21-22,24-25,28-29H,13,15,17-18,20H2,1-12H3/b16-14-,23-19+/t22-,24+,25-,28-,29-/m0/s1. The van der Waals surface area contributed by atoms with E-state index < -0.39 is 25.9 Å². The molecule has 1 aromatic heterocycles. The Morgan fingerprint density at radius 3 is 2.40 bits per heavy atom. The third-order valence-corrected chi connectivity index (χ3v) is 14.8. The van der Waals surface area contributed by atoms with Crippen LogP contribution in [0.1, 0.15) is 105 Å². The Morgan fingerprint density at radius 2 is 1.82 bits per heavy atom. The van der Waals surface area contributed by atoms with E-state index in [1.165, 1.54) is 0 Å². The van der Waals surface area contributed by atoms with Gasteiger partial charge in [0.05, 0.1) is 23.2 Å². The van der Waals surface area contributed by atoms with Crippen molar-refractivity contribution >= 4 is 37.5 Å². The molecule has 40 heavy (non-hydrogen) atoms. The zero-order valence-corrected chi connectivity index (χ0v) is 29.0. The number of cyclic esters (lactones) is 1. The van der Waals surface area contributed by atoms with Gasteiger partial charge in [-0.25, -0.2) is 4.98 Å². The Morgan fingerprint density at radius 1 is 1.18 bits per heavy atom. The van der Waals surface area contributed by atoms with Crippen LogP contribution in [0, 0.1) is 30.1 Å². The van der Waals surface area contributed by atoms with E-state index in [1.807, 2.05) is 39.2 Å². The summed E-state index contributed by atoms with van der Waals surface area (Å²) in [6.45, 7) is 25.4. The third kappa shape index (κ3) is 9.22. The van der Waals surface area contributed by atoms with Crippen molar-refractivity contribution in [2.24, 2.45) is 23.2 Å². The Bertz CT molecular complexity index is 1060. The minimum absolute atomic E-state index is 0.0468. The topological polar surface area (TPSA) is 65.5 Å². The van der Waals surface area contributed by atoms with Crippen LogP contribution < -0.4 is 0 Å². The Labute approximate surface area is 249 Å². The number of hydrogen-bond donors (Lipinski definition) is 0. The van der Waals surface area contributed by atoms with Gasteiger partial charge in [-0.2, -0.15) is 0 Å². The van der Waals surface area contributed by atoms with E-state index in [-0.39, 0.29) is 35.0 Å². The summed E-state index contributed by atoms with van der Waals surface area (Å²) >= 11 is 1.61. The minimum Gasteiger partial charge on any atom is -0.457 e. The first-order valence-corrected chi connectivity index (χ1v) is 18.8. The second kappa shape index (κ2) is 14.1. The highest BCUT2D eigenvalue weighted by Crippen LogP contribution is 2.42. The number of aromatic nitrogens is 1. The molecule has 0 N–H and O–H groups in total. The van der Waals surface area contributed by atoms with E-state index >= 15 is 0 Å². The quantitative estimate of drug-likeness (QED) is 0.199. The Hall–Kier alpha value is -1.57. The van der Waals surface area contributed by atoms with Crippen LogP contribution >= 0.6 is 11.3 Å². The summed E-state index contributed by atoms with van der Waals surface area (Å²) in [5.74, 6) is 0.388. The van der Waals surface area contributed by atoms with Gasteiger partial charge in [-0.05, 0) is 68.3 Å². The van der Waals surface area contributed by atoms with Gasteiger partial charge in [0.2, 0.25) is 0 Å². The van der Waals surface area contributed by atoms with Crippen molar-refractivity contribution in [3.8, 4) is 0 Å². The van der Waals surface area contributed by atoms with Crippen molar-refractivity contribution in [3.05, 3.63) is 33.8 Å². The summed E-state index contributed by atoms with van der Waals surface area (Å²) < 4.78 is 13.0. The van der Waals surface area contributed by atoms with Gasteiger partial charge in [-0.15, -0.1) is 11.3 Å². The van der Waals surface area contributed by atoms with Gasteiger partial charge in [0.1, 0.15) is 11.9 Å². The van der Waals surface area contributed by atoms with Crippen LogP contribution in [0.3, 0.4) is 0 Å². The molecule has 5 atom stereocenters. The molecule has 226 valence electrons. The van der Waals surface area contributed by atoms with Crippen LogP contribution in [0.25, 0.3) is 6.08 Å². The van der Waals surface area contributed by atoms with Gasteiger partial charge in [0, 0.05) is 23.1 Å². The molecule has 0 aromatic carbocycles. The molecule has 2 rings (SSSR count). The first kappa shape index (κ1) is 34.6. The van der Waals surface area contributed by atoms with E-state index in [2.05, 4.69) is 71.8 Å². The fraction of sp³-hybridized carbons (Fsp3) is 0.727. The second-order valence-electron chi connectivity index (χ2n) is 14.1. The molecule has 7 heteroatoms. The molecule has 5 nitrogen and oxygen atoms in total. The lowest BCUT2D eigenvalue weighted by Crippen LogP contribution is -2.52. The van der Waals surface area contributed by atoms with Gasteiger partial charge in [0.25, 0.3) is 0 Å². The fourth-order valence-corrected chi connectivity index (χ4v) is 7.08. The van der Waals surface area contributed by atoms with Crippen molar-refractivity contribution in [1.29, 1.82) is 0 Å². The molecule has 0 fully saturated rings. The molecule has 0 radical (unpaired) electrons. The van der Waals surface area contributed by atoms with E-state index in [0.29, 0.717) is 12.3 Å². The first-order valence-electron chi connectivity index (χ1n) is 15.0. The van der Waals surface area contributed by atoms with E-state index in [0.717, 1.165) is 35.5 Å². The number of carbonyl (C=O) groups is 2. The van der Waals surface area contributed by atoms with Crippen LogP contribution in [-0.2, 0) is 18.8 Å². The molecule has 0 unspecified atom stereocenters. The highest BCUT2D eigenvalue weighted by molar-refractivity contribution is 7.09. The second-order valence-corrected chi connectivity index (χ2v) is 19.9. The number of hydrogen-bond acceptors (Lipinski definition) is 6. The summed E-state index contributed by atoms with van der Waals surface area (Å²) in [7, 11) is -2.29. The number of thiazole rings is 1. The van der Waals surface area contributed by atoms with Gasteiger partial charge in [-0.3, -0.25) is 9.59 Å². The van der Waals surface area contributed by atoms with Crippen LogP contribution in [0.4, 0.5) is 0 Å². The molecular weight excluding hydrogens is 535 g/mol. The molecule has 1 aliphatic heterocycles. The largest absolute Gasteiger partial charge is 0.457 e. The number of esters is 1. The van der Waals surface area contributed by atoms with Crippen molar-refractivity contribution < 1.29 is 18.8 Å². The predicted molar refractivity (Wildman–Crippen MR) is 171 cm³/mol. The van der Waals surface area contributed by atoms with E-state index in [4.69, 9.17) is 9.16 Å². The summed E-state index contributed by atoms with van der Waals surface area (Å²) in [5, 5.41) is 2.97. The minimum atomic E-state index is -2.29. The molecule has 2 heterocycles. The molecule has 1 aliphatic rings. The lowest BCUT2D eigenvalue weighted by Gasteiger charge is -2.44. The number of carbonyl (C=O) groups excluding carboxylic acids is 2. The van der Waals surface area contributed by atoms with Crippen molar-refractivity contribution in [2.75, 3.05) is 0 Å². The van der Waals surface area contributed by atoms with E-state index in [9.17, 15) is 9.59 Å². The number of allylic oxidation sites excluding steroid dienone is 1. The Kier molecular flexibility index (Phi) is 12.2. The normalized spacial score (nSPS) is 29.2. The molecule has 0 bridgehead atoms. The average Bonchev–Trinajstić information content (AvgIpc) is 3.25. The van der Waals surface area contributed by atoms with Crippen LogP contribution in [0.15, 0.2) is 23.1 Å². The number of rotatable bonds is 4. The number of ether oxygens (including phenoxy) is 1. The molecule has 0 spiro atoms. The SMILES string of the molecule is C/C(=C\c1csc(C)n1)[C@@H]1C/C=C\CCC[C@H](C)[C@@H](C)[C@H](C)C(=O)C(C)(C)[C@@H](O[Si](C)(C)C(C)(C)C)CC(=O)O1. The van der Waals surface area contributed by atoms with Gasteiger partial charge in [0.15, 0.2) is 8.32 Å². The van der Waals surface area contributed by atoms with E-state index in [1.54, 1.807) is 11.3 Å². The molecule has 1 aromatic rings. The van der Waals surface area contributed by atoms with Crippen LogP contribution in [0.5, 0.6) is 0 Å². The fourth-order valence-electron chi connectivity index (χ4n) is 5.07. The maximum atomic E-state index is 14.1. The zero-order chi connectivity index (χ0) is 30.5. The number of aryl methyl sites for hydroxylation is 1. The average molecular weight is 590 g/mol. The highest BCUT2D eigenvalue weighted by Gasteiger charge is 2.48. The van der Waals surface area contributed by atoms with Crippen LogP contribution in [0.2, 0.25) is 18.1 Å². The Balaban J connectivity index is 2.49. The molecule has 0 saturated carbocycles. The van der Waals surface area contributed by atoms with Crippen molar-refractivity contribution in [1.82, 2.24) is 4.98 Å². The molecule has 0 saturated heterocycles. The van der Waals surface area contributed by atoms with Crippen molar-refractivity contribution in [3.63, 3.8) is 0 Å². The lowest BCUT2D eigenvalue weighted by molar-refractivity contribution is -0.153. The smallest absolute Gasteiger partial charge is 0.309 e. The molecule has 0 aliphatic carbocycles. The van der Waals surface area contributed by atoms with Crippen molar-refractivity contribution in [2.45, 2.75) is 132 Å². The summed E-state index contributed by atoms with van der Waals surface area (Å²) in [6.07, 6.45) is 9.16. The predicted octanol–water partition coefficient (Wildman–Crippen LogP) is 9.18. The molecule has 0 amide bonds. The van der Waals surface area contributed by atoms with Gasteiger partial charge >= 0.3 is 5.97 Å². The van der Waals surface area contributed by atoms with Gasteiger partial charge in [-0.1, -0.05) is 74.0 Å². The monoisotopic (exact) mass is 589 g/mol. The summed E-state index contributed by atoms with van der Waals surface area (Å²) in [6, 6.07) is 0. The third-order valence-electron chi connectivity index (χ3n) is 9.48. The van der Waals surface area contributed by atoms with Gasteiger partial charge < -0.3 is 9.16 Å². The number of nitrogens with zero attached hydrogens (tertiary/aromatic N) is 1. The summed E-state index contributed by atoms with van der Waals surface area (Å²) in [4.78, 5) is 32.3. The lowest BCUT2D eigenvalue weighted by atomic mass is 9.70. The zero-order valence-electron chi connectivity index (χ0n) is 27.2. The number of ketones is 1. The highest BCUT2D eigenvalue weighted by atomic mass is 32.1. The first-order chi connectivity index (χ1) is 18.4. The number of Topliss-reactive ketones (excluding diaryl/α,β-unsaturated/α-hetero) is 1. The molecular formula is C33H55NO4SSi. The van der Waals surface area contributed by atoms with Crippen LogP contribution in [-0.4, -0.2) is 37.3 Å². The maximum Gasteiger partial charge on any atom is 0.309 e.